The van der Waals surface area contributed by atoms with Gasteiger partial charge in [-0.3, -0.25) is 4.98 Å². The molecule has 1 aliphatic carbocycles. The molecule has 0 unspecified atom stereocenters. The van der Waals surface area contributed by atoms with Crippen molar-refractivity contribution in [2.75, 3.05) is 56.7 Å². The fourth-order valence-electron chi connectivity index (χ4n) is 6.52. The lowest BCUT2D eigenvalue weighted by atomic mass is 10.00. The summed E-state index contributed by atoms with van der Waals surface area (Å²) in [5, 5.41) is 3.92. The molecule has 214 valence electrons. The van der Waals surface area contributed by atoms with Crippen LogP contribution < -0.4 is 15.0 Å². The predicted octanol–water partition coefficient (Wildman–Crippen LogP) is 5.74. The van der Waals surface area contributed by atoms with Crippen molar-refractivity contribution in [3.8, 4) is 5.88 Å². The Balaban J connectivity index is 1.22. The molecule has 3 aromatic rings. The Morgan fingerprint density at radius 1 is 0.975 bits per heavy atom. The highest BCUT2D eigenvalue weighted by molar-refractivity contribution is 5.91. The van der Waals surface area contributed by atoms with Gasteiger partial charge in [-0.05, 0) is 94.3 Å². The Bertz CT molecular complexity index is 1300. The van der Waals surface area contributed by atoms with Gasteiger partial charge >= 0.3 is 0 Å². The second-order valence-electron chi connectivity index (χ2n) is 11.5. The van der Waals surface area contributed by atoms with Crippen LogP contribution in [0.2, 0.25) is 0 Å². The minimum absolute atomic E-state index is 0.180. The number of anilines is 2. The normalized spacial score (nSPS) is 18.6. The van der Waals surface area contributed by atoms with E-state index in [0.717, 1.165) is 73.3 Å². The smallest absolute Gasteiger partial charge is 0.219 e. The summed E-state index contributed by atoms with van der Waals surface area (Å²) in [6, 6.07) is 9.37. The summed E-state index contributed by atoms with van der Waals surface area (Å²) in [5.74, 6) is 0.438. The molecule has 4 heterocycles. The number of nitrogens with zero attached hydrogens (tertiary/aromatic N) is 4. The summed E-state index contributed by atoms with van der Waals surface area (Å²) in [5.41, 5.74) is 7.38. The molecule has 6 rings (SSSR count). The number of ether oxygens (including phenoxy) is 2. The summed E-state index contributed by atoms with van der Waals surface area (Å²) >= 11 is 0. The number of methoxy groups -OCH3 is 1. The van der Waals surface area contributed by atoms with Crippen LogP contribution in [-0.4, -0.2) is 67.4 Å². The first-order valence-corrected chi connectivity index (χ1v) is 15.1. The number of piperidine rings is 1. The zero-order valence-corrected chi connectivity index (χ0v) is 23.8. The van der Waals surface area contributed by atoms with Crippen molar-refractivity contribution < 1.29 is 13.9 Å². The lowest BCUT2D eigenvalue weighted by molar-refractivity contribution is 0.0975. The molecule has 2 aromatic heterocycles. The minimum Gasteiger partial charge on any atom is -0.481 e. The van der Waals surface area contributed by atoms with Crippen LogP contribution in [0.5, 0.6) is 5.88 Å². The van der Waals surface area contributed by atoms with Crippen molar-refractivity contribution in [1.82, 2.24) is 14.9 Å². The van der Waals surface area contributed by atoms with Gasteiger partial charge in [0.15, 0.2) is 0 Å². The van der Waals surface area contributed by atoms with E-state index < -0.39 is 0 Å². The number of hydrogen-bond acceptors (Lipinski definition) is 7. The zero-order chi connectivity index (χ0) is 27.3. The van der Waals surface area contributed by atoms with Crippen LogP contribution in [0.4, 0.5) is 15.8 Å². The van der Waals surface area contributed by atoms with Gasteiger partial charge in [-0.2, -0.15) is 0 Å². The maximum Gasteiger partial charge on any atom is 0.219 e. The monoisotopic (exact) mass is 547 g/mol. The summed E-state index contributed by atoms with van der Waals surface area (Å²) in [4.78, 5) is 14.9. The number of benzene rings is 1. The molecule has 7 nitrogen and oxygen atoms in total. The zero-order valence-electron chi connectivity index (χ0n) is 23.8. The van der Waals surface area contributed by atoms with Gasteiger partial charge in [0.05, 0.1) is 31.5 Å². The standard InChI is InChI=1S/C32H42FN5O2/c1-39-32-23(22-40-19-18-37-14-5-6-15-37)20-29-31(36-32)30(27-10-3-2-4-11-28(27)35-29)34-25-12-16-38(17-13-25)26-9-7-8-24(33)21-26/h7-9,20-21,25H,2-6,10-19,22H2,1H3,(H,34,35). The number of halogens is 1. The Kier molecular flexibility index (Phi) is 8.63. The van der Waals surface area contributed by atoms with E-state index in [0.29, 0.717) is 25.1 Å². The molecule has 0 bridgehead atoms. The third kappa shape index (κ3) is 6.18. The van der Waals surface area contributed by atoms with E-state index in [1.54, 1.807) is 19.2 Å². The molecule has 0 atom stereocenters. The van der Waals surface area contributed by atoms with Gasteiger partial charge in [-0.1, -0.05) is 12.5 Å². The third-order valence-electron chi connectivity index (χ3n) is 8.74. The molecule has 0 saturated carbocycles. The summed E-state index contributed by atoms with van der Waals surface area (Å²) in [6.07, 6.45) is 10.1. The average Bonchev–Trinajstić information content (AvgIpc) is 3.39. The SMILES string of the molecule is COc1nc2c(NC3CCN(c4cccc(F)c4)CC3)c3c(nc2cc1COCCN1CCCC1)CCCCC3. The minimum atomic E-state index is -0.180. The first-order valence-electron chi connectivity index (χ1n) is 15.1. The van der Waals surface area contributed by atoms with Crippen LogP contribution in [0, 0.1) is 5.82 Å². The molecule has 8 heteroatoms. The molecule has 3 aliphatic rings. The van der Waals surface area contributed by atoms with Crippen LogP contribution in [0.3, 0.4) is 0 Å². The largest absolute Gasteiger partial charge is 0.481 e. The molecule has 0 radical (unpaired) electrons. The fraction of sp³-hybridized carbons (Fsp3) is 0.562. The summed E-state index contributed by atoms with van der Waals surface area (Å²) in [7, 11) is 1.69. The van der Waals surface area contributed by atoms with Crippen molar-refractivity contribution in [3.63, 3.8) is 0 Å². The molecule has 1 aromatic carbocycles. The van der Waals surface area contributed by atoms with E-state index in [1.807, 2.05) is 6.07 Å². The first kappa shape index (κ1) is 27.2. The fourth-order valence-corrected chi connectivity index (χ4v) is 6.52. The lowest BCUT2D eigenvalue weighted by Gasteiger charge is -2.35. The molecule has 0 amide bonds. The summed E-state index contributed by atoms with van der Waals surface area (Å²) < 4.78 is 25.7. The molecule has 2 aliphatic heterocycles. The number of fused-ring (bicyclic) bond motifs is 2. The average molecular weight is 548 g/mol. The van der Waals surface area contributed by atoms with E-state index in [-0.39, 0.29) is 5.82 Å². The Labute approximate surface area is 237 Å². The highest BCUT2D eigenvalue weighted by Gasteiger charge is 2.25. The number of hydrogen-bond donors (Lipinski definition) is 1. The maximum absolute atomic E-state index is 13.8. The second-order valence-corrected chi connectivity index (χ2v) is 11.5. The number of aryl methyl sites for hydroxylation is 1. The van der Waals surface area contributed by atoms with Gasteiger partial charge in [0.25, 0.3) is 0 Å². The topological polar surface area (TPSA) is 62.8 Å². The van der Waals surface area contributed by atoms with Gasteiger partial charge in [-0.25, -0.2) is 9.37 Å². The Morgan fingerprint density at radius 3 is 2.60 bits per heavy atom. The van der Waals surface area contributed by atoms with Crippen LogP contribution in [0.25, 0.3) is 11.0 Å². The molecule has 0 spiro atoms. The number of likely N-dealkylation sites (tertiary alicyclic amines) is 1. The molecular formula is C32H42FN5O2. The molecule has 2 fully saturated rings. The molecule has 2 saturated heterocycles. The van der Waals surface area contributed by atoms with E-state index in [2.05, 4.69) is 21.2 Å². The summed E-state index contributed by atoms with van der Waals surface area (Å²) in [6.45, 7) is 6.29. The van der Waals surface area contributed by atoms with Gasteiger partial charge in [0, 0.05) is 42.6 Å². The number of aromatic nitrogens is 2. The van der Waals surface area contributed by atoms with Gasteiger partial charge in [-0.15, -0.1) is 0 Å². The Hall–Kier alpha value is -2.97. The molecule has 1 N–H and O–H groups in total. The predicted molar refractivity (Wildman–Crippen MR) is 158 cm³/mol. The molecule has 40 heavy (non-hydrogen) atoms. The van der Waals surface area contributed by atoms with Crippen molar-refractivity contribution in [1.29, 1.82) is 0 Å². The van der Waals surface area contributed by atoms with Crippen LogP contribution >= 0.6 is 0 Å². The highest BCUT2D eigenvalue weighted by Crippen LogP contribution is 2.36. The lowest BCUT2D eigenvalue weighted by Crippen LogP contribution is -2.39. The first-order chi connectivity index (χ1) is 19.7. The molecular weight excluding hydrogens is 505 g/mol. The van der Waals surface area contributed by atoms with Gasteiger partial charge in [0.1, 0.15) is 11.3 Å². The van der Waals surface area contributed by atoms with Crippen molar-refractivity contribution >= 4 is 22.4 Å². The Morgan fingerprint density at radius 2 is 1.80 bits per heavy atom. The van der Waals surface area contributed by atoms with Gasteiger partial charge in [0.2, 0.25) is 5.88 Å². The highest BCUT2D eigenvalue weighted by atomic mass is 19.1. The number of rotatable bonds is 9. The van der Waals surface area contributed by atoms with Gasteiger partial charge < -0.3 is 24.6 Å². The van der Waals surface area contributed by atoms with Crippen molar-refractivity contribution in [3.05, 3.63) is 53.0 Å². The maximum atomic E-state index is 13.8. The number of pyridine rings is 2. The number of nitrogens with one attached hydrogen (secondary N) is 1. The van der Waals surface area contributed by atoms with Crippen LogP contribution in [0.15, 0.2) is 30.3 Å². The van der Waals surface area contributed by atoms with E-state index in [4.69, 9.17) is 19.4 Å². The van der Waals surface area contributed by atoms with E-state index >= 15 is 0 Å². The van der Waals surface area contributed by atoms with Crippen LogP contribution in [0.1, 0.15) is 61.8 Å². The second kappa shape index (κ2) is 12.7. The third-order valence-corrected chi connectivity index (χ3v) is 8.74. The van der Waals surface area contributed by atoms with E-state index in [1.165, 1.54) is 62.5 Å². The van der Waals surface area contributed by atoms with Crippen LogP contribution in [-0.2, 0) is 24.2 Å². The quantitative estimate of drug-likeness (QED) is 0.271. The van der Waals surface area contributed by atoms with E-state index in [9.17, 15) is 4.39 Å². The van der Waals surface area contributed by atoms with Crippen molar-refractivity contribution in [2.24, 2.45) is 0 Å². The van der Waals surface area contributed by atoms with Crippen molar-refractivity contribution in [2.45, 2.75) is 70.4 Å².